The van der Waals surface area contributed by atoms with Gasteiger partial charge in [-0.25, -0.2) is 8.42 Å². The zero-order valence-corrected chi connectivity index (χ0v) is 22.0. The van der Waals surface area contributed by atoms with Gasteiger partial charge in [0.2, 0.25) is 9.84 Å². The number of unbranched alkanes of at least 4 members (excludes halogenated alkanes) is 2. The van der Waals surface area contributed by atoms with Gasteiger partial charge >= 0.3 is 0 Å². The average Bonchev–Trinajstić information content (AvgIpc) is 2.87. The Bertz CT molecular complexity index is 888. The highest BCUT2D eigenvalue weighted by molar-refractivity contribution is 7.91. The Morgan fingerprint density at radius 1 is 0.657 bits per heavy atom. The lowest BCUT2D eigenvalue weighted by Crippen LogP contribution is -2.12. The van der Waals surface area contributed by atoms with Crippen LogP contribution < -0.4 is 9.47 Å². The number of hydrogen-bond donors (Lipinski definition) is 2. The van der Waals surface area contributed by atoms with Crippen LogP contribution in [0.25, 0.3) is 0 Å². The fourth-order valence-corrected chi connectivity index (χ4v) is 5.41. The SMILES string of the molecule is CCCCC(O)CCCOc1ccccc1S(=O)(=O)c1ccccc1OCCCC(O)CCCC. The summed E-state index contributed by atoms with van der Waals surface area (Å²) in [6.07, 6.45) is 7.45. The number of aliphatic hydroxyl groups excluding tert-OH is 2. The van der Waals surface area contributed by atoms with E-state index in [4.69, 9.17) is 9.47 Å². The average molecular weight is 507 g/mol. The molecule has 0 radical (unpaired) electrons. The molecule has 0 spiro atoms. The largest absolute Gasteiger partial charge is 0.492 e. The van der Waals surface area contributed by atoms with Gasteiger partial charge in [-0.15, -0.1) is 0 Å². The smallest absolute Gasteiger partial charge is 0.213 e. The second kappa shape index (κ2) is 15.8. The van der Waals surface area contributed by atoms with Gasteiger partial charge in [-0.1, -0.05) is 63.8 Å². The van der Waals surface area contributed by atoms with Crippen molar-refractivity contribution in [3.05, 3.63) is 48.5 Å². The molecule has 0 aliphatic rings. The Kier molecular flexibility index (Phi) is 13.2. The molecular formula is C28H42O6S. The molecule has 7 heteroatoms. The molecule has 0 aliphatic heterocycles. The zero-order valence-electron chi connectivity index (χ0n) is 21.2. The molecule has 196 valence electrons. The summed E-state index contributed by atoms with van der Waals surface area (Å²) in [5, 5.41) is 20.0. The van der Waals surface area contributed by atoms with Gasteiger partial charge in [-0.2, -0.15) is 0 Å². The molecule has 35 heavy (non-hydrogen) atoms. The molecule has 0 bridgehead atoms. The van der Waals surface area contributed by atoms with E-state index in [2.05, 4.69) is 13.8 Å². The monoisotopic (exact) mass is 506 g/mol. The van der Waals surface area contributed by atoms with Gasteiger partial charge in [-0.05, 0) is 62.8 Å². The van der Waals surface area contributed by atoms with E-state index in [1.54, 1.807) is 48.5 Å². The van der Waals surface area contributed by atoms with Gasteiger partial charge in [0.25, 0.3) is 0 Å². The lowest BCUT2D eigenvalue weighted by molar-refractivity contribution is 0.140. The van der Waals surface area contributed by atoms with Crippen LogP contribution in [0.2, 0.25) is 0 Å². The van der Waals surface area contributed by atoms with Gasteiger partial charge < -0.3 is 19.7 Å². The number of aliphatic hydroxyl groups is 2. The normalized spacial score (nSPS) is 13.4. The van der Waals surface area contributed by atoms with Gasteiger partial charge in [0, 0.05) is 0 Å². The maximum atomic E-state index is 13.6. The molecule has 0 saturated carbocycles. The minimum atomic E-state index is -3.88. The van der Waals surface area contributed by atoms with Crippen LogP contribution in [0.4, 0.5) is 0 Å². The number of hydrogen-bond acceptors (Lipinski definition) is 6. The molecular weight excluding hydrogens is 464 g/mol. The molecule has 2 atom stereocenters. The van der Waals surface area contributed by atoms with Crippen LogP contribution in [0.3, 0.4) is 0 Å². The van der Waals surface area contributed by atoms with Crippen LogP contribution in [0.5, 0.6) is 11.5 Å². The van der Waals surface area contributed by atoms with E-state index in [1.165, 1.54) is 0 Å². The molecule has 6 nitrogen and oxygen atoms in total. The molecule has 0 saturated heterocycles. The Labute approximate surface area is 211 Å². The molecule has 2 unspecified atom stereocenters. The molecule has 2 rings (SSSR count). The summed E-state index contributed by atoms with van der Waals surface area (Å²) in [5.41, 5.74) is 0. The topological polar surface area (TPSA) is 93.1 Å². The highest BCUT2D eigenvalue weighted by Crippen LogP contribution is 2.34. The standard InChI is InChI=1S/C28H42O6S/c1-3-5-13-23(29)15-11-21-33-25-17-7-9-19-27(25)35(31,32)28-20-10-8-18-26(28)34-22-12-16-24(30)14-6-4-2/h7-10,17-20,23-24,29-30H,3-6,11-16,21-22H2,1-2H3. The summed E-state index contributed by atoms with van der Waals surface area (Å²) in [6, 6.07) is 13.2. The van der Waals surface area contributed by atoms with Gasteiger partial charge in [0.05, 0.1) is 25.4 Å². The van der Waals surface area contributed by atoms with Crippen LogP contribution in [0, 0.1) is 0 Å². The van der Waals surface area contributed by atoms with E-state index in [0.717, 1.165) is 38.5 Å². The molecule has 2 aromatic rings. The summed E-state index contributed by atoms with van der Waals surface area (Å²) in [5.74, 6) is 0.591. The van der Waals surface area contributed by atoms with Crippen molar-refractivity contribution in [2.24, 2.45) is 0 Å². The predicted octanol–water partition coefficient (Wildman–Crippen LogP) is 5.94. The van der Waals surface area contributed by atoms with E-state index in [0.29, 0.717) is 50.4 Å². The Balaban J connectivity index is 2.03. The number of rotatable bonds is 18. The lowest BCUT2D eigenvalue weighted by Gasteiger charge is -2.16. The summed E-state index contributed by atoms with van der Waals surface area (Å²) in [4.78, 5) is 0.190. The van der Waals surface area contributed by atoms with Crippen LogP contribution in [0.15, 0.2) is 58.3 Å². The minimum Gasteiger partial charge on any atom is -0.492 e. The van der Waals surface area contributed by atoms with E-state index < -0.39 is 9.84 Å². The molecule has 0 fully saturated rings. The van der Waals surface area contributed by atoms with Crippen molar-refractivity contribution in [3.8, 4) is 11.5 Å². The van der Waals surface area contributed by atoms with Crippen molar-refractivity contribution in [1.82, 2.24) is 0 Å². The highest BCUT2D eigenvalue weighted by atomic mass is 32.2. The van der Waals surface area contributed by atoms with Gasteiger partial charge in [0.15, 0.2) is 0 Å². The third kappa shape index (κ3) is 9.82. The Morgan fingerprint density at radius 3 is 1.43 bits per heavy atom. The number of benzene rings is 2. The Morgan fingerprint density at radius 2 is 1.03 bits per heavy atom. The van der Waals surface area contributed by atoms with Crippen molar-refractivity contribution >= 4 is 9.84 Å². The van der Waals surface area contributed by atoms with Crippen molar-refractivity contribution in [1.29, 1.82) is 0 Å². The first-order valence-corrected chi connectivity index (χ1v) is 14.4. The molecule has 2 N–H and O–H groups in total. The van der Waals surface area contributed by atoms with Crippen molar-refractivity contribution in [3.63, 3.8) is 0 Å². The third-order valence-electron chi connectivity index (χ3n) is 5.94. The fraction of sp³-hybridized carbons (Fsp3) is 0.571. The predicted molar refractivity (Wildman–Crippen MR) is 139 cm³/mol. The molecule has 0 aromatic heterocycles. The fourth-order valence-electron chi connectivity index (χ4n) is 3.87. The van der Waals surface area contributed by atoms with Crippen LogP contribution in [-0.4, -0.2) is 44.1 Å². The number of ether oxygens (including phenoxy) is 2. The van der Waals surface area contributed by atoms with Crippen molar-refractivity contribution in [2.45, 2.75) is 100 Å². The quantitative estimate of drug-likeness (QED) is 0.243. The first-order valence-electron chi connectivity index (χ1n) is 12.9. The molecule has 0 aliphatic carbocycles. The Hall–Kier alpha value is -2.09. The van der Waals surface area contributed by atoms with E-state index in [-0.39, 0.29) is 22.0 Å². The molecule has 0 heterocycles. The van der Waals surface area contributed by atoms with E-state index in [1.807, 2.05) is 0 Å². The second-order valence-corrected chi connectivity index (χ2v) is 10.9. The maximum absolute atomic E-state index is 13.6. The summed E-state index contributed by atoms with van der Waals surface area (Å²) >= 11 is 0. The minimum absolute atomic E-state index is 0.0950. The van der Waals surface area contributed by atoms with Crippen molar-refractivity contribution in [2.75, 3.05) is 13.2 Å². The summed E-state index contributed by atoms with van der Waals surface area (Å²) in [6.45, 7) is 4.84. The first-order chi connectivity index (χ1) is 16.9. The summed E-state index contributed by atoms with van der Waals surface area (Å²) < 4.78 is 38.8. The van der Waals surface area contributed by atoms with Crippen molar-refractivity contribution < 1.29 is 28.1 Å². The number of para-hydroxylation sites is 2. The molecule has 0 amide bonds. The molecule has 2 aromatic carbocycles. The lowest BCUT2D eigenvalue weighted by atomic mass is 10.1. The van der Waals surface area contributed by atoms with Gasteiger partial charge in [-0.3, -0.25) is 0 Å². The van der Waals surface area contributed by atoms with Crippen LogP contribution in [-0.2, 0) is 9.84 Å². The van der Waals surface area contributed by atoms with Gasteiger partial charge in [0.1, 0.15) is 21.3 Å². The first kappa shape index (κ1) is 29.1. The third-order valence-corrected chi connectivity index (χ3v) is 7.77. The zero-order chi connectivity index (χ0) is 25.5. The second-order valence-electron chi connectivity index (χ2n) is 8.97. The van der Waals surface area contributed by atoms with Crippen LogP contribution >= 0.6 is 0 Å². The summed E-state index contributed by atoms with van der Waals surface area (Å²) in [7, 11) is -3.88. The number of sulfone groups is 1. The maximum Gasteiger partial charge on any atom is 0.213 e. The highest BCUT2D eigenvalue weighted by Gasteiger charge is 2.25. The van der Waals surface area contributed by atoms with E-state index in [9.17, 15) is 18.6 Å². The van der Waals surface area contributed by atoms with E-state index >= 15 is 0 Å². The van der Waals surface area contributed by atoms with Crippen LogP contribution in [0.1, 0.15) is 78.1 Å².